The number of carbonyl (C=O) groups is 2. The first kappa shape index (κ1) is 19.6. The van der Waals surface area contributed by atoms with Gasteiger partial charge in [0.15, 0.2) is 0 Å². The van der Waals surface area contributed by atoms with E-state index in [1.807, 2.05) is 24.0 Å². The zero-order valence-electron chi connectivity index (χ0n) is 16.4. The van der Waals surface area contributed by atoms with Crippen LogP contribution in [0.3, 0.4) is 0 Å². The van der Waals surface area contributed by atoms with Gasteiger partial charge in [0.05, 0.1) is 5.92 Å². The summed E-state index contributed by atoms with van der Waals surface area (Å²) in [5.41, 5.74) is 1.15. The van der Waals surface area contributed by atoms with Crippen molar-refractivity contribution in [2.24, 2.45) is 11.8 Å². The number of nitrogens with one attached hydrogen (secondary N) is 2. The topological polar surface area (TPSA) is 74.3 Å². The lowest BCUT2D eigenvalue weighted by Crippen LogP contribution is -2.47. The minimum atomic E-state index is -0.0802. The van der Waals surface area contributed by atoms with Crippen LogP contribution in [0.4, 0.5) is 5.82 Å². The number of likely N-dealkylation sites (tertiary alicyclic amines) is 1. The highest BCUT2D eigenvalue weighted by Gasteiger charge is 2.31. The molecule has 2 fully saturated rings. The molecule has 3 rings (SSSR count). The molecule has 1 saturated heterocycles. The summed E-state index contributed by atoms with van der Waals surface area (Å²) >= 11 is 0. The Morgan fingerprint density at radius 2 is 2.04 bits per heavy atom. The minimum absolute atomic E-state index is 0.0649. The molecule has 1 aliphatic carbocycles. The van der Waals surface area contributed by atoms with E-state index in [1.165, 1.54) is 32.1 Å². The monoisotopic (exact) mass is 372 g/mol. The third-order valence-corrected chi connectivity index (χ3v) is 5.72. The summed E-state index contributed by atoms with van der Waals surface area (Å²) in [4.78, 5) is 31.0. The Hall–Kier alpha value is -2.11. The van der Waals surface area contributed by atoms with Crippen LogP contribution in [-0.2, 0) is 9.59 Å². The van der Waals surface area contributed by atoms with Crippen molar-refractivity contribution in [3.05, 3.63) is 23.9 Å². The number of amides is 2. The standard InChI is InChI=1S/C21H32N4O2/c1-16-9-10-22-19(13-16)23-11-12-24-21(27)18-7-8-20(26)25(15-18)14-17-5-3-2-4-6-17/h9-10,13,17-18H,2-8,11-12,14-15H2,1H3,(H,22,23)(H,24,27)/t18-/m0/s1. The van der Waals surface area contributed by atoms with E-state index in [4.69, 9.17) is 0 Å². The van der Waals surface area contributed by atoms with Crippen molar-refractivity contribution in [2.75, 3.05) is 31.5 Å². The lowest BCUT2D eigenvalue weighted by atomic mass is 9.87. The van der Waals surface area contributed by atoms with Crippen LogP contribution < -0.4 is 10.6 Å². The number of hydrogen-bond donors (Lipinski definition) is 2. The predicted molar refractivity (Wildman–Crippen MR) is 106 cm³/mol. The normalized spacial score (nSPS) is 21.1. The van der Waals surface area contributed by atoms with Crippen LogP contribution in [0.2, 0.25) is 0 Å². The number of aryl methyl sites for hydroxylation is 1. The minimum Gasteiger partial charge on any atom is -0.368 e. The Kier molecular flexibility index (Phi) is 7.07. The quantitative estimate of drug-likeness (QED) is 0.722. The van der Waals surface area contributed by atoms with Gasteiger partial charge >= 0.3 is 0 Å². The van der Waals surface area contributed by atoms with E-state index < -0.39 is 0 Å². The van der Waals surface area contributed by atoms with E-state index in [0.717, 1.165) is 17.9 Å². The average Bonchev–Trinajstić information content (AvgIpc) is 2.68. The van der Waals surface area contributed by atoms with Crippen molar-refractivity contribution in [1.82, 2.24) is 15.2 Å². The number of aromatic nitrogens is 1. The summed E-state index contributed by atoms with van der Waals surface area (Å²) < 4.78 is 0. The largest absolute Gasteiger partial charge is 0.368 e. The van der Waals surface area contributed by atoms with E-state index in [1.54, 1.807) is 6.20 Å². The predicted octanol–water partition coefficient (Wildman–Crippen LogP) is 2.74. The van der Waals surface area contributed by atoms with Crippen LogP contribution in [0.25, 0.3) is 0 Å². The molecule has 1 saturated carbocycles. The van der Waals surface area contributed by atoms with E-state index in [9.17, 15) is 9.59 Å². The molecule has 6 nitrogen and oxygen atoms in total. The van der Waals surface area contributed by atoms with Gasteiger partial charge in [-0.15, -0.1) is 0 Å². The van der Waals surface area contributed by atoms with Crippen LogP contribution in [0, 0.1) is 18.8 Å². The SMILES string of the molecule is Cc1ccnc(NCCNC(=O)[C@H]2CCC(=O)N(CC3CCCCC3)C2)c1. The van der Waals surface area contributed by atoms with Gasteiger partial charge < -0.3 is 15.5 Å². The lowest BCUT2D eigenvalue weighted by molar-refractivity contribution is -0.139. The van der Waals surface area contributed by atoms with Crippen molar-refractivity contribution in [3.63, 3.8) is 0 Å². The Morgan fingerprint density at radius 3 is 2.81 bits per heavy atom. The summed E-state index contributed by atoms with van der Waals surface area (Å²) in [7, 11) is 0. The van der Waals surface area contributed by atoms with Crippen LogP contribution in [0.5, 0.6) is 0 Å². The summed E-state index contributed by atoms with van der Waals surface area (Å²) in [5, 5.41) is 6.23. The lowest BCUT2D eigenvalue weighted by Gasteiger charge is -2.35. The smallest absolute Gasteiger partial charge is 0.224 e. The molecule has 0 bridgehead atoms. The number of anilines is 1. The van der Waals surface area contributed by atoms with Crippen LogP contribution >= 0.6 is 0 Å². The highest BCUT2D eigenvalue weighted by Crippen LogP contribution is 2.27. The number of pyridine rings is 1. The van der Waals surface area contributed by atoms with Crippen LogP contribution in [-0.4, -0.2) is 47.9 Å². The van der Waals surface area contributed by atoms with Crippen molar-refractivity contribution >= 4 is 17.6 Å². The third kappa shape index (κ3) is 5.94. The third-order valence-electron chi connectivity index (χ3n) is 5.72. The van der Waals surface area contributed by atoms with Crippen molar-refractivity contribution in [2.45, 2.75) is 51.9 Å². The molecule has 27 heavy (non-hydrogen) atoms. The molecule has 0 unspecified atom stereocenters. The molecule has 6 heteroatoms. The molecule has 2 amide bonds. The van der Waals surface area contributed by atoms with E-state index >= 15 is 0 Å². The number of carbonyl (C=O) groups excluding carboxylic acids is 2. The zero-order valence-corrected chi connectivity index (χ0v) is 16.4. The summed E-state index contributed by atoms with van der Waals surface area (Å²) in [5.74, 6) is 1.65. The first-order valence-electron chi connectivity index (χ1n) is 10.3. The van der Waals surface area contributed by atoms with Gasteiger partial charge in [0.25, 0.3) is 0 Å². The van der Waals surface area contributed by atoms with Gasteiger partial charge in [0, 0.05) is 38.8 Å². The average molecular weight is 373 g/mol. The first-order chi connectivity index (χ1) is 13.1. The van der Waals surface area contributed by atoms with Crippen molar-refractivity contribution in [3.8, 4) is 0 Å². The maximum absolute atomic E-state index is 12.5. The van der Waals surface area contributed by atoms with Gasteiger partial charge in [-0.1, -0.05) is 19.3 Å². The second-order valence-electron chi connectivity index (χ2n) is 7.97. The van der Waals surface area contributed by atoms with Crippen LogP contribution in [0.15, 0.2) is 18.3 Å². The number of rotatable bonds is 7. The molecule has 2 aliphatic rings. The molecule has 2 heterocycles. The molecule has 0 aromatic carbocycles. The Bertz CT molecular complexity index is 643. The second-order valence-corrected chi connectivity index (χ2v) is 7.97. The van der Waals surface area contributed by atoms with Gasteiger partial charge in [0.2, 0.25) is 11.8 Å². The molecule has 2 N–H and O–H groups in total. The number of nitrogens with zero attached hydrogens (tertiary/aromatic N) is 2. The molecule has 1 aromatic rings. The molecule has 1 atom stereocenters. The van der Waals surface area contributed by atoms with Gasteiger partial charge in [-0.05, 0) is 49.8 Å². The fraction of sp³-hybridized carbons (Fsp3) is 0.667. The summed E-state index contributed by atoms with van der Waals surface area (Å²) in [6.45, 7) is 4.64. The zero-order chi connectivity index (χ0) is 19.1. The molecule has 148 valence electrons. The molecule has 1 aromatic heterocycles. The fourth-order valence-electron chi connectivity index (χ4n) is 4.14. The molecule has 1 aliphatic heterocycles. The Morgan fingerprint density at radius 1 is 1.22 bits per heavy atom. The highest BCUT2D eigenvalue weighted by atomic mass is 16.2. The molecule has 0 spiro atoms. The molecule has 0 radical (unpaired) electrons. The van der Waals surface area contributed by atoms with E-state index in [2.05, 4.69) is 15.6 Å². The molecular weight excluding hydrogens is 340 g/mol. The van der Waals surface area contributed by atoms with E-state index in [0.29, 0.717) is 38.4 Å². The maximum atomic E-state index is 12.5. The van der Waals surface area contributed by atoms with Gasteiger partial charge in [-0.2, -0.15) is 0 Å². The Balaban J connectivity index is 1.40. The number of piperidine rings is 1. The van der Waals surface area contributed by atoms with Crippen molar-refractivity contribution in [1.29, 1.82) is 0 Å². The molecular formula is C21H32N4O2. The first-order valence-corrected chi connectivity index (χ1v) is 10.3. The van der Waals surface area contributed by atoms with Crippen LogP contribution in [0.1, 0.15) is 50.5 Å². The van der Waals surface area contributed by atoms with Gasteiger partial charge in [-0.3, -0.25) is 9.59 Å². The highest BCUT2D eigenvalue weighted by molar-refractivity contribution is 5.83. The maximum Gasteiger partial charge on any atom is 0.224 e. The Labute approximate surface area is 162 Å². The second kappa shape index (κ2) is 9.72. The van der Waals surface area contributed by atoms with Gasteiger partial charge in [-0.25, -0.2) is 4.98 Å². The van der Waals surface area contributed by atoms with Gasteiger partial charge in [0.1, 0.15) is 5.82 Å². The fourth-order valence-corrected chi connectivity index (χ4v) is 4.14. The number of hydrogen-bond acceptors (Lipinski definition) is 4. The summed E-state index contributed by atoms with van der Waals surface area (Å²) in [6, 6.07) is 3.94. The summed E-state index contributed by atoms with van der Waals surface area (Å²) in [6.07, 6.45) is 9.25. The van der Waals surface area contributed by atoms with Crippen molar-refractivity contribution < 1.29 is 9.59 Å². The van der Waals surface area contributed by atoms with E-state index in [-0.39, 0.29) is 17.7 Å².